The Morgan fingerprint density at radius 3 is 2.71 bits per heavy atom. The van der Waals surface area contributed by atoms with Gasteiger partial charge in [-0.3, -0.25) is 19.3 Å². The highest BCUT2D eigenvalue weighted by atomic mass is 35.5. The summed E-state index contributed by atoms with van der Waals surface area (Å²) >= 11 is 5.86. The Balaban J connectivity index is 2.11. The van der Waals surface area contributed by atoms with Gasteiger partial charge in [-0.25, -0.2) is 0 Å². The van der Waals surface area contributed by atoms with E-state index in [9.17, 15) is 14.4 Å². The first-order valence-corrected chi connectivity index (χ1v) is 5.80. The lowest BCUT2D eigenvalue weighted by Crippen LogP contribution is -2.33. The first-order chi connectivity index (χ1) is 8.00. The zero-order valence-corrected chi connectivity index (χ0v) is 9.81. The first-order valence-electron chi connectivity index (χ1n) is 5.42. The van der Waals surface area contributed by atoms with Gasteiger partial charge in [0.05, 0.1) is 18.3 Å². The molecule has 1 saturated heterocycles. The van der Waals surface area contributed by atoms with Crippen molar-refractivity contribution in [3.05, 3.63) is 11.1 Å². The number of hydrogen-bond donors (Lipinski definition) is 1. The van der Waals surface area contributed by atoms with Crippen molar-refractivity contribution in [1.29, 1.82) is 0 Å². The molecule has 0 radical (unpaired) electrons. The largest absolute Gasteiger partial charge is 0.481 e. The summed E-state index contributed by atoms with van der Waals surface area (Å²) in [4.78, 5) is 35.4. The third kappa shape index (κ3) is 2.20. The van der Waals surface area contributed by atoms with Crippen LogP contribution in [0.3, 0.4) is 0 Å². The number of carbonyl (C=O) groups excluding carboxylic acids is 2. The Kier molecular flexibility index (Phi) is 3.19. The van der Waals surface area contributed by atoms with E-state index in [1.54, 1.807) is 6.08 Å². The minimum Gasteiger partial charge on any atom is -0.481 e. The molecule has 2 atom stereocenters. The van der Waals surface area contributed by atoms with Crippen LogP contribution in [0.25, 0.3) is 0 Å². The summed E-state index contributed by atoms with van der Waals surface area (Å²) in [5.74, 6) is -2.31. The zero-order chi connectivity index (χ0) is 12.6. The molecule has 0 aromatic rings. The fourth-order valence-corrected chi connectivity index (χ4v) is 2.58. The van der Waals surface area contributed by atoms with E-state index in [4.69, 9.17) is 16.7 Å². The maximum atomic E-state index is 11.9. The Bertz CT molecular complexity index is 418. The molecule has 2 rings (SSSR count). The number of hydrogen-bond acceptors (Lipinski definition) is 3. The molecule has 17 heavy (non-hydrogen) atoms. The third-order valence-corrected chi connectivity index (χ3v) is 3.52. The standard InChI is InChI=1S/C11H12ClNO4/c12-6-1-2-7-8(5-6)11(17)13(10(7)16)4-3-9(14)15/h1,7-8H,2-5H2,(H,14,15)/t7-,8+/m1/s1. The molecule has 0 saturated carbocycles. The molecule has 1 aliphatic carbocycles. The van der Waals surface area contributed by atoms with Crippen LogP contribution >= 0.6 is 11.6 Å². The van der Waals surface area contributed by atoms with Crippen molar-refractivity contribution in [2.75, 3.05) is 6.54 Å². The first kappa shape index (κ1) is 12.1. The quantitative estimate of drug-likeness (QED) is 0.765. The van der Waals surface area contributed by atoms with E-state index in [2.05, 4.69) is 0 Å². The molecule has 0 unspecified atom stereocenters. The van der Waals surface area contributed by atoms with Crippen molar-refractivity contribution in [2.24, 2.45) is 11.8 Å². The number of fused-ring (bicyclic) bond motifs is 1. The van der Waals surface area contributed by atoms with Gasteiger partial charge in [-0.15, -0.1) is 0 Å². The summed E-state index contributed by atoms with van der Waals surface area (Å²) in [7, 11) is 0. The second-order valence-corrected chi connectivity index (χ2v) is 4.76. The van der Waals surface area contributed by atoms with Gasteiger partial charge in [-0.2, -0.15) is 0 Å². The number of allylic oxidation sites excluding steroid dienone is 2. The number of carboxylic acids is 1. The van der Waals surface area contributed by atoms with E-state index in [1.807, 2.05) is 0 Å². The third-order valence-electron chi connectivity index (χ3n) is 3.21. The number of halogens is 1. The van der Waals surface area contributed by atoms with Gasteiger partial charge in [0.2, 0.25) is 11.8 Å². The van der Waals surface area contributed by atoms with Crippen molar-refractivity contribution in [3.8, 4) is 0 Å². The van der Waals surface area contributed by atoms with Crippen molar-refractivity contribution in [1.82, 2.24) is 4.90 Å². The lowest BCUT2D eigenvalue weighted by molar-refractivity contribution is -0.142. The fourth-order valence-electron chi connectivity index (χ4n) is 2.32. The molecule has 2 amide bonds. The van der Waals surface area contributed by atoms with Gasteiger partial charge < -0.3 is 5.11 Å². The highest BCUT2D eigenvalue weighted by Crippen LogP contribution is 2.38. The summed E-state index contributed by atoms with van der Waals surface area (Å²) < 4.78 is 0. The number of aliphatic carboxylic acids is 1. The van der Waals surface area contributed by atoms with Gasteiger partial charge in [-0.05, 0) is 12.8 Å². The van der Waals surface area contributed by atoms with E-state index in [0.29, 0.717) is 17.9 Å². The summed E-state index contributed by atoms with van der Waals surface area (Å²) in [6.45, 7) is -0.0440. The van der Waals surface area contributed by atoms with Crippen LogP contribution in [0.4, 0.5) is 0 Å². The van der Waals surface area contributed by atoms with Gasteiger partial charge >= 0.3 is 5.97 Å². The molecule has 1 aliphatic heterocycles. The Morgan fingerprint density at radius 2 is 2.06 bits per heavy atom. The Labute approximate surface area is 103 Å². The molecule has 0 bridgehead atoms. The number of likely N-dealkylation sites (tertiary alicyclic amines) is 1. The van der Waals surface area contributed by atoms with Gasteiger partial charge in [0.1, 0.15) is 0 Å². The summed E-state index contributed by atoms with van der Waals surface area (Å²) in [5, 5.41) is 9.17. The topological polar surface area (TPSA) is 74.7 Å². The number of carboxylic acid groups (broad SMARTS) is 1. The molecule has 2 aliphatic rings. The Morgan fingerprint density at radius 1 is 1.41 bits per heavy atom. The van der Waals surface area contributed by atoms with Crippen LogP contribution in [-0.4, -0.2) is 34.3 Å². The van der Waals surface area contributed by atoms with Crippen molar-refractivity contribution in [3.63, 3.8) is 0 Å². The van der Waals surface area contributed by atoms with Crippen LogP contribution in [0.1, 0.15) is 19.3 Å². The predicted octanol–water partition coefficient (Wildman–Crippen LogP) is 0.979. The molecular formula is C11H12ClNO4. The minimum atomic E-state index is -1.02. The van der Waals surface area contributed by atoms with Crippen LogP contribution in [0.5, 0.6) is 0 Å². The van der Waals surface area contributed by atoms with E-state index in [0.717, 1.165) is 4.90 Å². The molecule has 0 spiro atoms. The molecule has 1 fully saturated rings. The molecule has 0 aromatic heterocycles. The summed E-state index contributed by atoms with van der Waals surface area (Å²) in [6.07, 6.45) is 2.41. The second kappa shape index (κ2) is 4.49. The maximum Gasteiger partial charge on any atom is 0.305 e. The molecule has 1 N–H and O–H groups in total. The number of imide groups is 1. The van der Waals surface area contributed by atoms with Gasteiger partial charge in [-0.1, -0.05) is 17.7 Å². The molecule has 92 valence electrons. The van der Waals surface area contributed by atoms with Crippen molar-refractivity contribution in [2.45, 2.75) is 19.3 Å². The number of nitrogens with zero attached hydrogens (tertiary/aromatic N) is 1. The minimum absolute atomic E-state index is 0.0440. The highest BCUT2D eigenvalue weighted by Gasteiger charge is 2.48. The number of amides is 2. The molecule has 6 heteroatoms. The lowest BCUT2D eigenvalue weighted by Gasteiger charge is -2.17. The zero-order valence-electron chi connectivity index (χ0n) is 9.06. The summed E-state index contributed by atoms with van der Waals surface area (Å²) in [6, 6.07) is 0. The number of rotatable bonds is 3. The van der Waals surface area contributed by atoms with Crippen LogP contribution < -0.4 is 0 Å². The van der Waals surface area contributed by atoms with E-state index in [-0.39, 0.29) is 30.7 Å². The molecular weight excluding hydrogens is 246 g/mol. The van der Waals surface area contributed by atoms with Gasteiger partial charge in [0, 0.05) is 11.6 Å². The normalized spacial score (nSPS) is 28.1. The van der Waals surface area contributed by atoms with E-state index >= 15 is 0 Å². The van der Waals surface area contributed by atoms with Gasteiger partial charge in [0.25, 0.3) is 0 Å². The smallest absolute Gasteiger partial charge is 0.305 e. The van der Waals surface area contributed by atoms with Crippen LogP contribution in [0, 0.1) is 11.8 Å². The van der Waals surface area contributed by atoms with E-state index in [1.165, 1.54) is 0 Å². The number of carbonyl (C=O) groups is 3. The monoisotopic (exact) mass is 257 g/mol. The van der Waals surface area contributed by atoms with Gasteiger partial charge in [0.15, 0.2) is 0 Å². The average molecular weight is 258 g/mol. The highest BCUT2D eigenvalue weighted by molar-refractivity contribution is 6.30. The lowest BCUT2D eigenvalue weighted by atomic mass is 9.85. The van der Waals surface area contributed by atoms with Crippen LogP contribution in [-0.2, 0) is 14.4 Å². The summed E-state index contributed by atoms with van der Waals surface area (Å²) in [5.41, 5.74) is 0. The van der Waals surface area contributed by atoms with E-state index < -0.39 is 11.9 Å². The molecule has 5 nitrogen and oxygen atoms in total. The van der Waals surface area contributed by atoms with Crippen molar-refractivity contribution < 1.29 is 19.5 Å². The SMILES string of the molecule is O=C(O)CCN1C(=O)[C@H]2CC(Cl)=CC[C@H]2C1=O. The maximum absolute atomic E-state index is 11.9. The van der Waals surface area contributed by atoms with Crippen LogP contribution in [0.15, 0.2) is 11.1 Å². The second-order valence-electron chi connectivity index (χ2n) is 4.28. The fraction of sp³-hybridized carbons (Fsp3) is 0.545. The Hall–Kier alpha value is -1.36. The average Bonchev–Trinajstić information content (AvgIpc) is 2.49. The van der Waals surface area contributed by atoms with Crippen molar-refractivity contribution >= 4 is 29.4 Å². The molecule has 1 heterocycles. The van der Waals surface area contributed by atoms with Crippen LogP contribution in [0.2, 0.25) is 0 Å². The predicted molar refractivity (Wildman–Crippen MR) is 59.1 cm³/mol. The molecule has 0 aromatic carbocycles.